The number of carbonyl (C=O) groups excluding carboxylic acids is 1. The number of aryl methyl sites for hydroxylation is 1. The van der Waals surface area contributed by atoms with Gasteiger partial charge in [0.2, 0.25) is 0 Å². The average Bonchev–Trinajstić information content (AvgIpc) is 3.04. The maximum Gasteiger partial charge on any atom is 0.267 e. The van der Waals surface area contributed by atoms with Crippen molar-refractivity contribution in [3.63, 3.8) is 0 Å². The van der Waals surface area contributed by atoms with Crippen molar-refractivity contribution in [1.29, 1.82) is 0 Å². The van der Waals surface area contributed by atoms with Crippen LogP contribution in [0.5, 0.6) is 0 Å². The maximum atomic E-state index is 12.4. The van der Waals surface area contributed by atoms with Gasteiger partial charge >= 0.3 is 0 Å². The second kappa shape index (κ2) is 6.78. The van der Waals surface area contributed by atoms with E-state index in [1.165, 1.54) is 16.7 Å². The Hall–Kier alpha value is -1.76. The minimum atomic E-state index is -0.129. The summed E-state index contributed by atoms with van der Waals surface area (Å²) >= 11 is 12.4. The molecule has 0 aliphatic carbocycles. The van der Waals surface area contributed by atoms with Crippen LogP contribution in [0.25, 0.3) is 6.08 Å². The molecule has 0 bridgehead atoms. The molecule has 118 valence electrons. The zero-order valence-corrected chi connectivity index (χ0v) is 14.6. The van der Waals surface area contributed by atoms with Gasteiger partial charge in [-0.2, -0.15) is 0 Å². The van der Waals surface area contributed by atoms with Crippen LogP contribution in [0, 0.1) is 6.92 Å². The summed E-state index contributed by atoms with van der Waals surface area (Å²) in [6, 6.07) is 11.0. The Balaban J connectivity index is 1.69. The lowest BCUT2D eigenvalue weighted by Crippen LogP contribution is -2.33. The lowest BCUT2D eigenvalue weighted by molar-refractivity contribution is -0.121. The first-order valence-electron chi connectivity index (χ1n) is 6.84. The zero-order chi connectivity index (χ0) is 16.4. The van der Waals surface area contributed by atoms with Crippen LogP contribution in [0.4, 0.5) is 5.69 Å². The van der Waals surface area contributed by atoms with Crippen LogP contribution >= 0.6 is 35.6 Å². The number of amides is 1. The number of rotatable bonds is 4. The van der Waals surface area contributed by atoms with Gasteiger partial charge in [-0.3, -0.25) is 9.69 Å². The first-order valence-corrected chi connectivity index (χ1v) is 8.44. The number of furan rings is 1. The van der Waals surface area contributed by atoms with E-state index in [2.05, 4.69) is 5.32 Å². The second-order valence-corrected chi connectivity index (χ2v) is 7.01. The second-order valence-electron chi connectivity index (χ2n) is 4.90. The highest BCUT2D eigenvalue weighted by Gasteiger charge is 2.32. The Labute approximate surface area is 148 Å². The molecule has 3 rings (SSSR count). The summed E-state index contributed by atoms with van der Waals surface area (Å²) in [7, 11) is 0. The number of halogens is 1. The van der Waals surface area contributed by atoms with Gasteiger partial charge in [0.25, 0.3) is 5.91 Å². The molecule has 0 atom stereocenters. The van der Waals surface area contributed by atoms with Crippen molar-refractivity contribution in [2.45, 2.75) is 6.92 Å². The first-order chi connectivity index (χ1) is 11.0. The van der Waals surface area contributed by atoms with Crippen molar-refractivity contribution in [3.8, 4) is 0 Å². The van der Waals surface area contributed by atoms with Crippen molar-refractivity contribution in [2.75, 3.05) is 12.0 Å². The smallest absolute Gasteiger partial charge is 0.267 e. The summed E-state index contributed by atoms with van der Waals surface area (Å²) in [4.78, 5) is 14.5. The van der Waals surface area contributed by atoms with E-state index in [1.807, 2.05) is 31.2 Å². The van der Waals surface area contributed by atoms with E-state index in [9.17, 15) is 4.79 Å². The van der Waals surface area contributed by atoms with Crippen LogP contribution < -0.4 is 5.32 Å². The highest BCUT2D eigenvalue weighted by atomic mass is 35.5. The summed E-state index contributed by atoms with van der Waals surface area (Å²) in [5.74, 6) is 1.32. The van der Waals surface area contributed by atoms with E-state index >= 15 is 0 Å². The Kier molecular flexibility index (Phi) is 4.75. The standard InChI is InChI=1S/C16H13ClN2O2S2/c1-10-2-7-13(21-10)8-14-15(20)19(16(22)23-14)9-18-12-5-3-11(17)4-6-12/h2-8,18H,9H2,1H3. The minimum absolute atomic E-state index is 0.129. The molecule has 4 nitrogen and oxygen atoms in total. The molecule has 2 aromatic rings. The van der Waals surface area contributed by atoms with Crippen molar-refractivity contribution >= 4 is 57.6 Å². The number of thioether (sulfide) groups is 1. The van der Waals surface area contributed by atoms with E-state index in [4.69, 9.17) is 28.2 Å². The molecule has 1 amide bonds. The zero-order valence-electron chi connectivity index (χ0n) is 12.2. The van der Waals surface area contributed by atoms with Crippen LogP contribution in [0.3, 0.4) is 0 Å². The van der Waals surface area contributed by atoms with Gasteiger partial charge < -0.3 is 9.73 Å². The number of nitrogens with zero attached hydrogens (tertiary/aromatic N) is 1. The summed E-state index contributed by atoms with van der Waals surface area (Å²) in [5.41, 5.74) is 0.870. The number of hydrogen-bond acceptors (Lipinski definition) is 5. The topological polar surface area (TPSA) is 45.5 Å². The Morgan fingerprint density at radius 1 is 1.30 bits per heavy atom. The first kappa shape index (κ1) is 16.1. The quantitative estimate of drug-likeness (QED) is 0.638. The molecular formula is C16H13ClN2O2S2. The molecule has 7 heteroatoms. The van der Waals surface area contributed by atoms with Crippen LogP contribution in [-0.2, 0) is 4.79 Å². The number of benzene rings is 1. The number of anilines is 1. The number of thiocarbonyl (C=S) groups is 1. The molecule has 0 unspecified atom stereocenters. The van der Waals surface area contributed by atoms with Crippen LogP contribution in [0.2, 0.25) is 5.02 Å². The highest BCUT2D eigenvalue weighted by Crippen LogP contribution is 2.32. The van der Waals surface area contributed by atoms with Crippen LogP contribution in [0.15, 0.2) is 45.7 Å². The highest BCUT2D eigenvalue weighted by molar-refractivity contribution is 8.26. The van der Waals surface area contributed by atoms with Gasteiger partial charge in [-0.1, -0.05) is 35.6 Å². The molecule has 2 heterocycles. The Morgan fingerprint density at radius 3 is 2.70 bits per heavy atom. The predicted octanol–water partition coefficient (Wildman–Crippen LogP) is 4.51. The summed E-state index contributed by atoms with van der Waals surface area (Å²) in [6.45, 7) is 2.17. The molecule has 23 heavy (non-hydrogen) atoms. The van der Waals surface area contributed by atoms with E-state index in [-0.39, 0.29) is 5.91 Å². The SMILES string of the molecule is Cc1ccc(C=C2SC(=S)N(CNc3ccc(Cl)cc3)C2=O)o1. The molecule has 1 aliphatic heterocycles. The average molecular weight is 365 g/mol. The molecule has 1 saturated heterocycles. The fourth-order valence-corrected chi connectivity index (χ4v) is 3.40. The molecule has 1 aromatic heterocycles. The Morgan fingerprint density at radius 2 is 2.04 bits per heavy atom. The summed E-state index contributed by atoms with van der Waals surface area (Å²) in [5, 5.41) is 3.82. The molecule has 1 aliphatic rings. The lowest BCUT2D eigenvalue weighted by atomic mass is 10.3. The van der Waals surface area contributed by atoms with E-state index in [1.54, 1.807) is 18.2 Å². The van der Waals surface area contributed by atoms with Gasteiger partial charge in [0, 0.05) is 16.8 Å². The molecule has 1 N–H and O–H groups in total. The van der Waals surface area contributed by atoms with Gasteiger partial charge in [-0.05, 0) is 43.3 Å². The third-order valence-corrected chi connectivity index (χ3v) is 4.82. The summed E-state index contributed by atoms with van der Waals surface area (Å²) < 4.78 is 5.99. The number of hydrogen-bond donors (Lipinski definition) is 1. The molecule has 0 spiro atoms. The number of nitrogens with one attached hydrogen (secondary N) is 1. The van der Waals surface area contributed by atoms with Gasteiger partial charge in [-0.15, -0.1) is 0 Å². The fourth-order valence-electron chi connectivity index (χ4n) is 2.03. The van der Waals surface area contributed by atoms with Gasteiger partial charge in [-0.25, -0.2) is 0 Å². The van der Waals surface area contributed by atoms with Gasteiger partial charge in [0.05, 0.1) is 11.6 Å². The van der Waals surface area contributed by atoms with E-state index in [0.717, 1.165) is 11.4 Å². The summed E-state index contributed by atoms with van der Waals surface area (Å²) in [6.07, 6.45) is 1.72. The van der Waals surface area contributed by atoms with E-state index < -0.39 is 0 Å². The fraction of sp³-hybridized carbons (Fsp3) is 0.125. The maximum absolute atomic E-state index is 12.4. The van der Waals surface area contributed by atoms with Crippen molar-refractivity contribution in [2.24, 2.45) is 0 Å². The number of carbonyl (C=O) groups is 1. The van der Waals surface area contributed by atoms with Gasteiger partial charge in [0.15, 0.2) is 0 Å². The molecule has 1 aromatic carbocycles. The molecule has 0 saturated carbocycles. The lowest BCUT2D eigenvalue weighted by Gasteiger charge is -2.16. The monoisotopic (exact) mass is 364 g/mol. The minimum Gasteiger partial charge on any atom is -0.462 e. The third kappa shape index (κ3) is 3.77. The van der Waals surface area contributed by atoms with Crippen LogP contribution in [-0.4, -0.2) is 21.8 Å². The molecule has 1 fully saturated rings. The van der Waals surface area contributed by atoms with Crippen molar-refractivity contribution in [3.05, 3.63) is 57.8 Å². The normalized spacial score (nSPS) is 16.4. The Bertz CT molecular complexity index is 784. The van der Waals surface area contributed by atoms with Crippen LogP contribution in [0.1, 0.15) is 11.5 Å². The third-order valence-electron chi connectivity index (χ3n) is 3.19. The van der Waals surface area contributed by atoms with E-state index in [0.29, 0.717) is 26.7 Å². The predicted molar refractivity (Wildman–Crippen MR) is 98.4 cm³/mol. The van der Waals surface area contributed by atoms with Crippen molar-refractivity contribution in [1.82, 2.24) is 4.90 Å². The van der Waals surface area contributed by atoms with Crippen molar-refractivity contribution < 1.29 is 9.21 Å². The molecule has 0 radical (unpaired) electrons. The largest absolute Gasteiger partial charge is 0.462 e. The van der Waals surface area contributed by atoms with Gasteiger partial charge in [0.1, 0.15) is 15.8 Å². The molecular weight excluding hydrogens is 352 g/mol.